The van der Waals surface area contributed by atoms with E-state index in [4.69, 9.17) is 5.73 Å². The van der Waals surface area contributed by atoms with E-state index in [1.54, 1.807) is 0 Å². The molecule has 1 fully saturated rings. The van der Waals surface area contributed by atoms with E-state index in [2.05, 4.69) is 36.3 Å². The van der Waals surface area contributed by atoms with E-state index in [1.807, 2.05) is 0 Å². The van der Waals surface area contributed by atoms with Crippen molar-refractivity contribution in [3.63, 3.8) is 0 Å². The Balaban J connectivity index is 2.38. The third-order valence-corrected chi connectivity index (χ3v) is 3.22. The number of nitrogens with one attached hydrogen (secondary N) is 1. The van der Waals surface area contributed by atoms with Gasteiger partial charge in [-0.3, -0.25) is 0 Å². The van der Waals surface area contributed by atoms with Gasteiger partial charge < -0.3 is 20.9 Å². The summed E-state index contributed by atoms with van der Waals surface area (Å²) in [6, 6.07) is 0. The standard InChI is InChI=1S/C11H26N4/c1-14(2)8-6-13-11(9-12)5-4-7-15(3)10-11/h13H,4-10,12H2,1-3H3. The predicted octanol–water partition coefficient (Wildman–Crippen LogP) is -0.439. The molecule has 90 valence electrons. The highest BCUT2D eigenvalue weighted by atomic mass is 15.2. The van der Waals surface area contributed by atoms with E-state index in [-0.39, 0.29) is 5.54 Å². The summed E-state index contributed by atoms with van der Waals surface area (Å²) >= 11 is 0. The van der Waals surface area contributed by atoms with Crippen LogP contribution in [0.5, 0.6) is 0 Å². The van der Waals surface area contributed by atoms with Crippen LogP contribution in [0, 0.1) is 0 Å². The molecule has 1 atom stereocenters. The number of piperidine rings is 1. The fraction of sp³-hybridized carbons (Fsp3) is 1.00. The largest absolute Gasteiger partial charge is 0.329 e. The first-order chi connectivity index (χ1) is 7.08. The second-order valence-electron chi connectivity index (χ2n) is 5.06. The van der Waals surface area contributed by atoms with Crippen LogP contribution in [0.15, 0.2) is 0 Å². The molecule has 0 aliphatic carbocycles. The Bertz CT molecular complexity index is 183. The van der Waals surface area contributed by atoms with Crippen LogP contribution in [-0.4, -0.2) is 69.2 Å². The molecular weight excluding hydrogens is 188 g/mol. The van der Waals surface area contributed by atoms with Gasteiger partial charge in [0.15, 0.2) is 0 Å². The first kappa shape index (κ1) is 12.9. The maximum absolute atomic E-state index is 5.91. The summed E-state index contributed by atoms with van der Waals surface area (Å²) < 4.78 is 0. The van der Waals surface area contributed by atoms with Crippen molar-refractivity contribution in [1.29, 1.82) is 0 Å². The lowest BCUT2D eigenvalue weighted by Gasteiger charge is -2.41. The number of hydrogen-bond donors (Lipinski definition) is 2. The van der Waals surface area contributed by atoms with Gasteiger partial charge in [0, 0.05) is 31.7 Å². The van der Waals surface area contributed by atoms with Gasteiger partial charge in [0.05, 0.1) is 0 Å². The fourth-order valence-electron chi connectivity index (χ4n) is 2.29. The van der Waals surface area contributed by atoms with Crippen LogP contribution in [0.25, 0.3) is 0 Å². The van der Waals surface area contributed by atoms with Gasteiger partial charge in [0.25, 0.3) is 0 Å². The van der Waals surface area contributed by atoms with Crippen LogP contribution in [0.2, 0.25) is 0 Å². The van der Waals surface area contributed by atoms with Crippen molar-refractivity contribution >= 4 is 0 Å². The van der Waals surface area contributed by atoms with Gasteiger partial charge in [-0.25, -0.2) is 0 Å². The minimum absolute atomic E-state index is 0.156. The Morgan fingerprint density at radius 2 is 2.20 bits per heavy atom. The molecule has 0 spiro atoms. The number of likely N-dealkylation sites (N-methyl/N-ethyl adjacent to an activating group) is 2. The average Bonchev–Trinajstić information content (AvgIpc) is 2.17. The van der Waals surface area contributed by atoms with Gasteiger partial charge in [-0.1, -0.05) is 0 Å². The van der Waals surface area contributed by atoms with Crippen molar-refractivity contribution < 1.29 is 0 Å². The molecule has 0 radical (unpaired) electrons. The third-order valence-electron chi connectivity index (χ3n) is 3.22. The van der Waals surface area contributed by atoms with Crippen LogP contribution in [0.1, 0.15) is 12.8 Å². The Morgan fingerprint density at radius 1 is 1.47 bits per heavy atom. The van der Waals surface area contributed by atoms with Gasteiger partial charge in [-0.2, -0.15) is 0 Å². The van der Waals surface area contributed by atoms with Gasteiger partial charge >= 0.3 is 0 Å². The number of likely N-dealkylation sites (tertiary alicyclic amines) is 1. The molecule has 1 aliphatic rings. The number of rotatable bonds is 5. The molecule has 0 aromatic heterocycles. The van der Waals surface area contributed by atoms with Gasteiger partial charge in [-0.05, 0) is 40.5 Å². The van der Waals surface area contributed by atoms with E-state index < -0.39 is 0 Å². The van der Waals surface area contributed by atoms with Crippen LogP contribution in [0.3, 0.4) is 0 Å². The minimum Gasteiger partial charge on any atom is -0.329 e. The highest BCUT2D eigenvalue weighted by molar-refractivity contribution is 4.94. The Kier molecular flexibility index (Phi) is 4.99. The molecule has 1 rings (SSSR count). The van der Waals surface area contributed by atoms with Crippen molar-refractivity contribution in [2.45, 2.75) is 18.4 Å². The van der Waals surface area contributed by atoms with Gasteiger partial charge in [-0.15, -0.1) is 0 Å². The van der Waals surface area contributed by atoms with Crippen LogP contribution in [0.4, 0.5) is 0 Å². The Morgan fingerprint density at radius 3 is 2.73 bits per heavy atom. The van der Waals surface area contributed by atoms with Gasteiger partial charge in [0.2, 0.25) is 0 Å². The molecule has 0 saturated carbocycles. The summed E-state index contributed by atoms with van der Waals surface area (Å²) in [6.07, 6.45) is 2.46. The first-order valence-electron chi connectivity index (χ1n) is 5.86. The zero-order valence-corrected chi connectivity index (χ0v) is 10.4. The maximum Gasteiger partial charge on any atom is 0.0433 e. The molecule has 1 aliphatic heterocycles. The van der Waals surface area contributed by atoms with Crippen molar-refractivity contribution in [2.24, 2.45) is 5.73 Å². The molecule has 15 heavy (non-hydrogen) atoms. The van der Waals surface area contributed by atoms with Crippen molar-refractivity contribution in [3.8, 4) is 0 Å². The lowest BCUT2D eigenvalue weighted by molar-refractivity contribution is 0.147. The molecule has 4 nitrogen and oxygen atoms in total. The van der Waals surface area contributed by atoms with E-state index in [1.165, 1.54) is 19.4 Å². The predicted molar refractivity (Wildman–Crippen MR) is 65.1 cm³/mol. The first-order valence-corrected chi connectivity index (χ1v) is 5.86. The Labute approximate surface area is 93.8 Å². The van der Waals surface area contributed by atoms with Crippen molar-refractivity contribution in [2.75, 3.05) is 53.9 Å². The summed E-state index contributed by atoms with van der Waals surface area (Å²) in [6.45, 7) is 5.13. The fourth-order valence-corrected chi connectivity index (χ4v) is 2.29. The minimum atomic E-state index is 0.156. The molecule has 4 heteroatoms. The molecule has 0 amide bonds. The molecule has 0 aromatic rings. The van der Waals surface area contributed by atoms with E-state index in [9.17, 15) is 0 Å². The van der Waals surface area contributed by atoms with Crippen LogP contribution in [-0.2, 0) is 0 Å². The second-order valence-corrected chi connectivity index (χ2v) is 5.06. The van der Waals surface area contributed by atoms with Crippen LogP contribution >= 0.6 is 0 Å². The highest BCUT2D eigenvalue weighted by Crippen LogP contribution is 2.18. The summed E-state index contributed by atoms with van der Waals surface area (Å²) in [4.78, 5) is 4.57. The molecule has 0 bridgehead atoms. The molecule has 1 heterocycles. The number of nitrogens with zero attached hydrogens (tertiary/aromatic N) is 2. The topological polar surface area (TPSA) is 44.5 Å². The summed E-state index contributed by atoms with van der Waals surface area (Å²) in [5.41, 5.74) is 6.07. The number of nitrogens with two attached hydrogens (primary N) is 1. The average molecular weight is 214 g/mol. The lowest BCUT2D eigenvalue weighted by Crippen LogP contribution is -2.61. The quantitative estimate of drug-likeness (QED) is 0.651. The molecule has 1 unspecified atom stereocenters. The summed E-state index contributed by atoms with van der Waals surface area (Å²) in [7, 11) is 6.38. The van der Waals surface area contributed by atoms with E-state index in [0.717, 1.165) is 26.2 Å². The second kappa shape index (κ2) is 5.80. The van der Waals surface area contributed by atoms with E-state index >= 15 is 0 Å². The monoisotopic (exact) mass is 214 g/mol. The lowest BCUT2D eigenvalue weighted by atomic mass is 9.89. The normalized spacial score (nSPS) is 28.6. The van der Waals surface area contributed by atoms with E-state index in [0.29, 0.717) is 0 Å². The molecule has 0 aromatic carbocycles. The molecule has 3 N–H and O–H groups in total. The van der Waals surface area contributed by atoms with Crippen molar-refractivity contribution in [1.82, 2.24) is 15.1 Å². The Hall–Kier alpha value is -0.160. The van der Waals surface area contributed by atoms with Crippen molar-refractivity contribution in [3.05, 3.63) is 0 Å². The summed E-state index contributed by atoms with van der Waals surface area (Å²) in [5, 5.41) is 3.64. The SMILES string of the molecule is CN(C)CCNC1(CN)CCCN(C)C1. The van der Waals surface area contributed by atoms with Crippen LogP contribution < -0.4 is 11.1 Å². The zero-order chi connectivity index (χ0) is 11.3. The number of hydrogen-bond acceptors (Lipinski definition) is 4. The zero-order valence-electron chi connectivity index (χ0n) is 10.4. The third kappa shape index (κ3) is 4.07. The molecule has 1 saturated heterocycles. The molecular formula is C11H26N4. The smallest absolute Gasteiger partial charge is 0.0433 e. The maximum atomic E-state index is 5.91. The summed E-state index contributed by atoms with van der Waals surface area (Å²) in [5.74, 6) is 0. The highest BCUT2D eigenvalue weighted by Gasteiger charge is 2.32. The van der Waals surface area contributed by atoms with Gasteiger partial charge in [0.1, 0.15) is 0 Å².